The van der Waals surface area contributed by atoms with Crippen LogP contribution in [0.5, 0.6) is 0 Å². The fourth-order valence-corrected chi connectivity index (χ4v) is 7.14. The molecule has 1 aliphatic carbocycles. The van der Waals surface area contributed by atoms with Crippen molar-refractivity contribution in [3.05, 3.63) is 53.6 Å². The Morgan fingerprint density at radius 1 is 1.06 bits per heavy atom. The standard InChI is InChI=1S/C28H38N2O5S/c1-4-20-5-9-23(10-6-20)30(18-19(2)3)36(34,35)24-13-14-26-25(17-24)27(31)15-16-29(26)22-11-7-21(8-12-22)28(32)33/h5-6,9-10,13-14,17,19,21-22,27,31H,4,7-8,11-12,15-16,18H2,1-3H3,(H,32,33)/t21-,22+,27?. The molecule has 2 aromatic carbocycles. The highest BCUT2D eigenvalue weighted by Crippen LogP contribution is 2.40. The lowest BCUT2D eigenvalue weighted by atomic mass is 9.84. The van der Waals surface area contributed by atoms with Gasteiger partial charge in [-0.1, -0.05) is 32.9 Å². The zero-order valence-corrected chi connectivity index (χ0v) is 22.2. The summed E-state index contributed by atoms with van der Waals surface area (Å²) in [6, 6.07) is 13.0. The molecular formula is C28H38N2O5S. The predicted octanol–water partition coefficient (Wildman–Crippen LogP) is 4.99. The molecule has 1 saturated carbocycles. The lowest BCUT2D eigenvalue weighted by molar-refractivity contribution is -0.142. The number of hydrogen-bond donors (Lipinski definition) is 2. The maximum absolute atomic E-state index is 13.9. The molecule has 36 heavy (non-hydrogen) atoms. The molecule has 2 N–H and O–H groups in total. The Morgan fingerprint density at radius 3 is 2.31 bits per heavy atom. The van der Waals surface area contributed by atoms with Gasteiger partial charge >= 0.3 is 5.97 Å². The summed E-state index contributed by atoms with van der Waals surface area (Å²) in [7, 11) is -3.85. The number of aliphatic carboxylic acids is 1. The zero-order valence-electron chi connectivity index (χ0n) is 21.4. The Balaban J connectivity index is 1.65. The number of benzene rings is 2. The van der Waals surface area contributed by atoms with Crippen molar-refractivity contribution in [1.29, 1.82) is 0 Å². The molecule has 7 nitrogen and oxygen atoms in total. The minimum absolute atomic E-state index is 0.130. The average molecular weight is 515 g/mol. The molecule has 0 aromatic heterocycles. The third-order valence-electron chi connectivity index (χ3n) is 7.55. The van der Waals surface area contributed by atoms with Gasteiger partial charge in [0.05, 0.1) is 22.6 Å². The summed E-state index contributed by atoms with van der Waals surface area (Å²) in [5.74, 6) is -0.889. The molecule has 0 spiro atoms. The van der Waals surface area contributed by atoms with Gasteiger partial charge in [-0.2, -0.15) is 0 Å². The van der Waals surface area contributed by atoms with Crippen molar-refractivity contribution >= 4 is 27.4 Å². The molecule has 0 amide bonds. The molecule has 1 heterocycles. The van der Waals surface area contributed by atoms with E-state index >= 15 is 0 Å². The van der Waals surface area contributed by atoms with Gasteiger partial charge in [0.15, 0.2) is 0 Å². The van der Waals surface area contributed by atoms with E-state index in [4.69, 9.17) is 0 Å². The molecule has 0 radical (unpaired) electrons. The van der Waals surface area contributed by atoms with Crippen LogP contribution in [0.15, 0.2) is 47.4 Å². The summed E-state index contributed by atoms with van der Waals surface area (Å²) in [4.78, 5) is 13.8. The number of aliphatic hydroxyl groups excluding tert-OH is 1. The SMILES string of the molecule is CCc1ccc(N(CC(C)C)S(=O)(=O)c2ccc3c(c2)C(O)CCN3[C@H]2CC[C@@H](C(=O)O)CC2)cc1. The van der Waals surface area contributed by atoms with Gasteiger partial charge in [0.25, 0.3) is 10.0 Å². The second-order valence-electron chi connectivity index (χ2n) is 10.5. The van der Waals surface area contributed by atoms with Gasteiger partial charge in [0.2, 0.25) is 0 Å². The van der Waals surface area contributed by atoms with E-state index in [-0.39, 0.29) is 22.8 Å². The molecule has 1 fully saturated rings. The van der Waals surface area contributed by atoms with E-state index in [0.29, 0.717) is 43.6 Å². The van der Waals surface area contributed by atoms with Crippen LogP contribution in [-0.2, 0) is 21.2 Å². The number of rotatable bonds is 8. The monoisotopic (exact) mass is 514 g/mol. The van der Waals surface area contributed by atoms with Crippen molar-refractivity contribution in [2.24, 2.45) is 11.8 Å². The lowest BCUT2D eigenvalue weighted by Gasteiger charge is -2.42. The Labute approximate surface area is 214 Å². The number of sulfonamides is 1. The van der Waals surface area contributed by atoms with E-state index in [1.165, 1.54) is 4.31 Å². The highest BCUT2D eigenvalue weighted by molar-refractivity contribution is 7.92. The van der Waals surface area contributed by atoms with Gasteiger partial charge in [0.1, 0.15) is 0 Å². The number of anilines is 2. The minimum atomic E-state index is -3.85. The van der Waals surface area contributed by atoms with Crippen LogP contribution in [0.2, 0.25) is 0 Å². The third-order valence-corrected chi connectivity index (χ3v) is 9.34. The van der Waals surface area contributed by atoms with E-state index < -0.39 is 22.1 Å². The molecule has 1 aliphatic heterocycles. The quantitative estimate of drug-likeness (QED) is 0.515. The van der Waals surface area contributed by atoms with Crippen LogP contribution in [0, 0.1) is 11.8 Å². The molecule has 8 heteroatoms. The second-order valence-corrected chi connectivity index (χ2v) is 12.4. The smallest absolute Gasteiger partial charge is 0.306 e. The van der Waals surface area contributed by atoms with Gasteiger partial charge in [-0.15, -0.1) is 0 Å². The number of carbonyl (C=O) groups is 1. The normalized spacial score (nSPS) is 22.4. The van der Waals surface area contributed by atoms with Crippen LogP contribution < -0.4 is 9.21 Å². The van der Waals surface area contributed by atoms with Gasteiger partial charge in [-0.25, -0.2) is 8.42 Å². The van der Waals surface area contributed by atoms with E-state index in [2.05, 4.69) is 11.8 Å². The molecule has 4 rings (SSSR count). The summed E-state index contributed by atoms with van der Waals surface area (Å²) in [5, 5.41) is 20.2. The number of fused-ring (bicyclic) bond motifs is 1. The number of carboxylic acid groups (broad SMARTS) is 1. The van der Waals surface area contributed by atoms with E-state index in [1.54, 1.807) is 12.1 Å². The molecule has 196 valence electrons. The van der Waals surface area contributed by atoms with Crippen molar-refractivity contribution < 1.29 is 23.4 Å². The van der Waals surface area contributed by atoms with Crippen molar-refractivity contribution in [2.45, 2.75) is 76.3 Å². The summed E-state index contributed by atoms with van der Waals surface area (Å²) in [6.45, 7) is 7.09. The summed E-state index contributed by atoms with van der Waals surface area (Å²) >= 11 is 0. The largest absolute Gasteiger partial charge is 0.481 e. The fraction of sp³-hybridized carbons (Fsp3) is 0.536. The van der Waals surface area contributed by atoms with Crippen LogP contribution in [-0.4, -0.2) is 43.7 Å². The van der Waals surface area contributed by atoms with Gasteiger partial charge in [0, 0.05) is 30.4 Å². The van der Waals surface area contributed by atoms with Gasteiger partial charge in [-0.3, -0.25) is 9.10 Å². The first-order chi connectivity index (χ1) is 17.1. The first kappa shape index (κ1) is 26.5. The number of nitrogens with zero attached hydrogens (tertiary/aromatic N) is 2. The number of hydrogen-bond acceptors (Lipinski definition) is 5. The van der Waals surface area contributed by atoms with Gasteiger partial charge < -0.3 is 15.1 Å². The average Bonchev–Trinajstić information content (AvgIpc) is 2.87. The van der Waals surface area contributed by atoms with Gasteiger partial charge in [-0.05, 0) is 80.3 Å². The van der Waals surface area contributed by atoms with Crippen molar-refractivity contribution in [2.75, 3.05) is 22.3 Å². The molecule has 0 saturated heterocycles. The predicted molar refractivity (Wildman–Crippen MR) is 142 cm³/mol. The molecule has 0 bridgehead atoms. The maximum atomic E-state index is 13.9. The zero-order chi connectivity index (χ0) is 26.0. The number of carboxylic acids is 1. The summed E-state index contributed by atoms with van der Waals surface area (Å²) < 4.78 is 29.2. The Kier molecular flexibility index (Phi) is 7.95. The number of aryl methyl sites for hydroxylation is 1. The summed E-state index contributed by atoms with van der Waals surface area (Å²) in [6.07, 6.45) is 3.51. The molecule has 2 aliphatic rings. The van der Waals surface area contributed by atoms with E-state index in [0.717, 1.165) is 30.5 Å². The summed E-state index contributed by atoms with van der Waals surface area (Å²) in [5.41, 5.74) is 3.27. The van der Waals surface area contributed by atoms with Crippen molar-refractivity contribution in [3.8, 4) is 0 Å². The fourth-order valence-electron chi connectivity index (χ4n) is 5.47. The van der Waals surface area contributed by atoms with E-state index in [9.17, 15) is 23.4 Å². The van der Waals surface area contributed by atoms with Crippen LogP contribution in [0.3, 0.4) is 0 Å². The first-order valence-corrected chi connectivity index (χ1v) is 14.5. The first-order valence-electron chi connectivity index (χ1n) is 13.0. The topological polar surface area (TPSA) is 98.2 Å². The molecular weight excluding hydrogens is 476 g/mol. The molecule has 1 unspecified atom stereocenters. The van der Waals surface area contributed by atoms with Crippen LogP contribution in [0.1, 0.15) is 70.1 Å². The highest BCUT2D eigenvalue weighted by atomic mass is 32.2. The van der Waals surface area contributed by atoms with Crippen molar-refractivity contribution in [1.82, 2.24) is 0 Å². The maximum Gasteiger partial charge on any atom is 0.306 e. The van der Waals surface area contributed by atoms with Crippen LogP contribution >= 0.6 is 0 Å². The third kappa shape index (κ3) is 5.39. The molecule has 2 aromatic rings. The minimum Gasteiger partial charge on any atom is -0.481 e. The molecule has 1 atom stereocenters. The lowest BCUT2D eigenvalue weighted by Crippen LogP contribution is -2.43. The van der Waals surface area contributed by atoms with Crippen molar-refractivity contribution in [3.63, 3.8) is 0 Å². The van der Waals surface area contributed by atoms with E-state index in [1.807, 2.05) is 44.2 Å². The highest BCUT2D eigenvalue weighted by Gasteiger charge is 2.35. The Morgan fingerprint density at radius 2 is 1.72 bits per heavy atom. The number of aliphatic hydroxyl groups is 1. The van der Waals surface area contributed by atoms with Crippen LogP contribution in [0.4, 0.5) is 11.4 Å². The second kappa shape index (κ2) is 10.8. The Hall–Kier alpha value is -2.58. The Bertz CT molecular complexity index is 1170. The van der Waals surface area contributed by atoms with Crippen LogP contribution in [0.25, 0.3) is 0 Å².